The average molecular weight is 381 g/mol. The van der Waals surface area contributed by atoms with Gasteiger partial charge in [-0.15, -0.1) is 0 Å². The topological polar surface area (TPSA) is 67.6 Å². The molecule has 0 saturated carbocycles. The second-order valence-corrected chi connectivity index (χ2v) is 7.49. The summed E-state index contributed by atoms with van der Waals surface area (Å²) in [7, 11) is 6.18. The quantitative estimate of drug-likeness (QED) is 0.587. The summed E-state index contributed by atoms with van der Waals surface area (Å²) < 4.78 is 5.51. The fourth-order valence-corrected chi connectivity index (χ4v) is 3.66. The lowest BCUT2D eigenvalue weighted by Crippen LogP contribution is -2.40. The number of nitrogens with two attached hydrogens (primary N) is 1. The van der Waals surface area contributed by atoms with Crippen molar-refractivity contribution in [2.45, 2.75) is 53.5 Å². The number of nitrogens with one attached hydrogen (secondary N) is 1. The first kappa shape index (κ1) is 22.1. The molecule has 0 bridgehead atoms. The molecule has 28 heavy (non-hydrogen) atoms. The van der Waals surface area contributed by atoms with Gasteiger partial charge in [-0.3, -0.25) is 4.79 Å². The third-order valence-corrected chi connectivity index (χ3v) is 5.27. The molecule has 0 aromatic heterocycles. The Bertz CT molecular complexity index is 776. The first-order valence-corrected chi connectivity index (χ1v) is 9.91. The molecule has 1 heterocycles. The van der Waals surface area contributed by atoms with Gasteiger partial charge in [-0.1, -0.05) is 11.5 Å². The van der Waals surface area contributed by atoms with Gasteiger partial charge in [-0.25, -0.2) is 0 Å². The van der Waals surface area contributed by atoms with E-state index in [9.17, 15) is 4.79 Å². The van der Waals surface area contributed by atoms with Crippen molar-refractivity contribution in [1.82, 2.24) is 5.32 Å². The maximum absolute atomic E-state index is 13.0. The molecule has 3 N–H and O–H groups in total. The maximum Gasteiger partial charge on any atom is 0.255 e. The van der Waals surface area contributed by atoms with Gasteiger partial charge in [0.2, 0.25) is 0 Å². The zero-order valence-corrected chi connectivity index (χ0v) is 17.8. The predicted molar refractivity (Wildman–Crippen MR) is 117 cm³/mol. The molecule has 0 unspecified atom stereocenters. The summed E-state index contributed by atoms with van der Waals surface area (Å²) in [5.74, 6) is -0.158. The van der Waals surface area contributed by atoms with Gasteiger partial charge in [0.25, 0.3) is 5.91 Å². The second-order valence-electron chi connectivity index (χ2n) is 7.49. The van der Waals surface area contributed by atoms with Crippen LogP contribution in [0.25, 0.3) is 0 Å². The number of nitrogens with zero attached hydrogens (tertiary/aromatic N) is 1. The Labute approximate surface area is 170 Å². The third-order valence-electron chi connectivity index (χ3n) is 5.27. The summed E-state index contributed by atoms with van der Waals surface area (Å²) in [5, 5.41) is 2.98. The zero-order chi connectivity index (χ0) is 20.8. The summed E-state index contributed by atoms with van der Waals surface area (Å²) in [6, 6.07) is 4.12. The molecule has 1 saturated heterocycles. The van der Waals surface area contributed by atoms with E-state index in [-0.39, 0.29) is 5.91 Å². The Morgan fingerprint density at radius 2 is 1.96 bits per heavy atom. The van der Waals surface area contributed by atoms with E-state index in [1.54, 1.807) is 6.07 Å². The number of hydrogen-bond donors (Lipinski definition) is 2. The first-order chi connectivity index (χ1) is 13.2. The van der Waals surface area contributed by atoms with E-state index in [1.165, 1.54) is 0 Å². The molecule has 1 amide bonds. The fraction of sp³-hybridized carbons (Fsp3) is 0.500. The lowest BCUT2D eigenvalue weighted by molar-refractivity contribution is 0.0846. The minimum absolute atomic E-state index is 0.158. The van der Waals surface area contributed by atoms with Gasteiger partial charge in [0.1, 0.15) is 7.85 Å². The van der Waals surface area contributed by atoms with Gasteiger partial charge in [0.15, 0.2) is 0 Å². The smallest absolute Gasteiger partial charge is 0.255 e. The molecule has 2 radical (unpaired) electrons. The molecule has 1 fully saturated rings. The van der Waals surface area contributed by atoms with E-state index >= 15 is 0 Å². The summed E-state index contributed by atoms with van der Waals surface area (Å²) >= 11 is 0. The van der Waals surface area contributed by atoms with Gasteiger partial charge in [-0.05, 0) is 70.7 Å². The molecule has 1 aliphatic heterocycles. The van der Waals surface area contributed by atoms with Crippen molar-refractivity contribution in [3.8, 4) is 0 Å². The summed E-state index contributed by atoms with van der Waals surface area (Å²) in [4.78, 5) is 15.3. The Hall–Kier alpha value is -2.21. The maximum atomic E-state index is 13.0. The average Bonchev–Trinajstić information content (AvgIpc) is 2.65. The van der Waals surface area contributed by atoms with Crippen LogP contribution < -0.4 is 21.4 Å². The van der Waals surface area contributed by atoms with E-state index in [1.807, 2.05) is 39.8 Å². The van der Waals surface area contributed by atoms with Crippen molar-refractivity contribution in [3.05, 3.63) is 46.3 Å². The number of carbonyl (C=O) groups excluding carboxylic acids is 1. The molecule has 1 aromatic carbocycles. The van der Waals surface area contributed by atoms with Gasteiger partial charge in [0, 0.05) is 48.4 Å². The molecule has 1 aliphatic rings. The Morgan fingerprint density at radius 3 is 2.54 bits per heavy atom. The van der Waals surface area contributed by atoms with Crippen molar-refractivity contribution >= 4 is 24.9 Å². The molecule has 2 rings (SSSR count). The van der Waals surface area contributed by atoms with Gasteiger partial charge >= 0.3 is 0 Å². The highest BCUT2D eigenvalue weighted by atomic mass is 16.5. The second kappa shape index (κ2) is 9.83. The number of hydrogen-bond acceptors (Lipinski definition) is 4. The van der Waals surface area contributed by atoms with Gasteiger partial charge in [0.05, 0.1) is 0 Å². The lowest BCUT2D eigenvalue weighted by atomic mass is 9.89. The minimum atomic E-state index is -0.158. The van der Waals surface area contributed by atoms with E-state index in [2.05, 4.69) is 17.1 Å². The number of allylic oxidation sites excluding steroid dienone is 4. The Kier molecular flexibility index (Phi) is 7.75. The monoisotopic (exact) mass is 381 g/mol. The summed E-state index contributed by atoms with van der Waals surface area (Å²) in [5.41, 5.74) is 11.3. The van der Waals surface area contributed by atoms with Gasteiger partial charge < -0.3 is 20.7 Å². The Morgan fingerprint density at radius 1 is 1.32 bits per heavy atom. The van der Waals surface area contributed by atoms with Crippen molar-refractivity contribution in [2.75, 3.05) is 24.7 Å². The largest absolute Gasteiger partial charge is 0.402 e. The standard InChI is InChI=1S/C22H32BN3O2/c1-6-26(19-7-9-28-10-8-19)21-13-18(23)12-20(16(21)4)22(27)25-17(5)14(2)11-15(3)24/h11-13,19H,6-10,24H2,1-5H3,(H,25,27)/b15-11-,17-14+. The highest BCUT2D eigenvalue weighted by molar-refractivity contribution is 6.33. The van der Waals surface area contributed by atoms with Crippen LogP contribution in [0.2, 0.25) is 0 Å². The first-order valence-electron chi connectivity index (χ1n) is 9.91. The van der Waals surface area contributed by atoms with Crippen LogP contribution in [-0.4, -0.2) is 39.6 Å². The number of rotatable bonds is 6. The van der Waals surface area contributed by atoms with E-state index in [4.69, 9.17) is 18.3 Å². The fourth-order valence-electron chi connectivity index (χ4n) is 3.66. The predicted octanol–water partition coefficient (Wildman–Crippen LogP) is 2.68. The summed E-state index contributed by atoms with van der Waals surface area (Å²) in [6.45, 7) is 12.1. The van der Waals surface area contributed by atoms with Crippen LogP contribution in [0.5, 0.6) is 0 Å². The minimum Gasteiger partial charge on any atom is -0.402 e. The van der Waals surface area contributed by atoms with Crippen LogP contribution in [-0.2, 0) is 4.74 Å². The molecule has 0 aliphatic carbocycles. The molecule has 5 nitrogen and oxygen atoms in total. The molecule has 6 heteroatoms. The van der Waals surface area contributed by atoms with Crippen molar-refractivity contribution < 1.29 is 9.53 Å². The number of amides is 1. The van der Waals surface area contributed by atoms with E-state index < -0.39 is 0 Å². The third kappa shape index (κ3) is 5.41. The molecular formula is C22H32BN3O2. The van der Waals surface area contributed by atoms with E-state index in [0.29, 0.717) is 22.8 Å². The van der Waals surface area contributed by atoms with E-state index in [0.717, 1.165) is 55.1 Å². The van der Waals surface area contributed by atoms with Crippen molar-refractivity contribution in [2.24, 2.45) is 5.73 Å². The van der Waals surface area contributed by atoms with Crippen LogP contribution in [0, 0.1) is 6.92 Å². The normalized spacial score (nSPS) is 16.5. The summed E-state index contributed by atoms with van der Waals surface area (Å²) in [6.07, 6.45) is 3.81. The molecule has 0 spiro atoms. The van der Waals surface area contributed by atoms with Crippen LogP contribution >= 0.6 is 0 Å². The number of ether oxygens (including phenoxy) is 1. The molecule has 0 atom stereocenters. The zero-order valence-electron chi connectivity index (χ0n) is 17.8. The molecular weight excluding hydrogens is 349 g/mol. The van der Waals surface area contributed by atoms with Crippen LogP contribution in [0.3, 0.4) is 0 Å². The highest BCUT2D eigenvalue weighted by Gasteiger charge is 2.24. The van der Waals surface area contributed by atoms with Gasteiger partial charge in [-0.2, -0.15) is 0 Å². The number of carbonyl (C=O) groups is 1. The lowest BCUT2D eigenvalue weighted by Gasteiger charge is -2.37. The van der Waals surface area contributed by atoms with Crippen molar-refractivity contribution in [3.63, 3.8) is 0 Å². The number of benzene rings is 1. The van der Waals surface area contributed by atoms with Crippen LogP contribution in [0.4, 0.5) is 5.69 Å². The Balaban J connectivity index is 2.35. The molecule has 150 valence electrons. The van der Waals surface area contributed by atoms with Crippen LogP contribution in [0.15, 0.2) is 35.2 Å². The highest BCUT2D eigenvalue weighted by Crippen LogP contribution is 2.27. The number of anilines is 1. The van der Waals surface area contributed by atoms with Crippen LogP contribution in [0.1, 0.15) is 56.5 Å². The SMILES string of the molecule is [B]c1cc(C(=O)N/C(C)=C(C)/C=C(/C)N)c(C)c(N(CC)C2CCOCC2)c1. The van der Waals surface area contributed by atoms with Crippen molar-refractivity contribution in [1.29, 1.82) is 0 Å². The molecule has 1 aromatic rings.